The molecule has 1 N–H and O–H groups in total. The van der Waals surface area contributed by atoms with E-state index in [1.54, 1.807) is 18.2 Å². The summed E-state index contributed by atoms with van der Waals surface area (Å²) in [7, 11) is -2.64. The molecule has 1 heterocycles. The molecular formula is C21H23N4O4P. The smallest absolute Gasteiger partial charge is 0.270 e. The van der Waals surface area contributed by atoms with Crippen LogP contribution in [0.2, 0.25) is 0 Å². The molecule has 8 nitrogen and oxygen atoms in total. The van der Waals surface area contributed by atoms with Gasteiger partial charge in [0.25, 0.3) is 5.69 Å². The summed E-state index contributed by atoms with van der Waals surface area (Å²) in [6, 6.07) is 15.6. The van der Waals surface area contributed by atoms with E-state index in [1.807, 2.05) is 38.1 Å². The van der Waals surface area contributed by atoms with Crippen molar-refractivity contribution < 1.29 is 14.0 Å². The molecular weight excluding hydrogens is 403 g/mol. The SMILES string of the molecule is CCOP(=O)(CC)Cc1ccc(Nc2cc(-c3cccc([N+](=O)[O-])c3)ncn2)cc1. The van der Waals surface area contributed by atoms with E-state index < -0.39 is 12.3 Å². The Morgan fingerprint density at radius 2 is 1.87 bits per heavy atom. The lowest BCUT2D eigenvalue weighted by atomic mass is 10.1. The monoisotopic (exact) mass is 426 g/mol. The van der Waals surface area contributed by atoms with Crippen LogP contribution in [0.1, 0.15) is 19.4 Å². The molecule has 3 rings (SSSR count). The first-order valence-corrected chi connectivity index (χ1v) is 11.6. The highest BCUT2D eigenvalue weighted by molar-refractivity contribution is 7.58. The second-order valence-corrected chi connectivity index (χ2v) is 9.46. The molecule has 1 atom stereocenters. The third-order valence-corrected chi connectivity index (χ3v) is 7.06. The molecule has 2 aromatic carbocycles. The molecule has 0 radical (unpaired) electrons. The van der Waals surface area contributed by atoms with Crippen molar-refractivity contribution >= 4 is 24.6 Å². The number of nitrogens with one attached hydrogen (secondary N) is 1. The summed E-state index contributed by atoms with van der Waals surface area (Å²) >= 11 is 0. The molecule has 3 aromatic rings. The van der Waals surface area contributed by atoms with E-state index in [9.17, 15) is 14.7 Å². The Kier molecular flexibility index (Phi) is 6.92. The zero-order chi connectivity index (χ0) is 21.6. The van der Waals surface area contributed by atoms with Crippen molar-refractivity contribution in [1.82, 2.24) is 9.97 Å². The normalized spacial score (nSPS) is 12.9. The Hall–Kier alpha value is -3.09. The third kappa shape index (κ3) is 5.49. The molecule has 0 aliphatic rings. The summed E-state index contributed by atoms with van der Waals surface area (Å²) in [5, 5.41) is 14.2. The van der Waals surface area contributed by atoms with Crippen LogP contribution in [0, 0.1) is 10.1 Å². The number of non-ortho nitro benzene ring substituents is 1. The number of aromatic nitrogens is 2. The van der Waals surface area contributed by atoms with Crippen molar-refractivity contribution in [2.45, 2.75) is 20.0 Å². The molecule has 0 saturated carbocycles. The molecule has 0 aliphatic carbocycles. The maximum atomic E-state index is 12.7. The summed E-state index contributed by atoms with van der Waals surface area (Å²) in [6.45, 7) is 4.16. The number of nitro groups is 1. The fourth-order valence-electron chi connectivity index (χ4n) is 2.97. The van der Waals surface area contributed by atoms with Gasteiger partial charge in [0, 0.05) is 41.8 Å². The zero-order valence-corrected chi connectivity index (χ0v) is 17.7. The van der Waals surface area contributed by atoms with Crippen molar-refractivity contribution in [2.24, 2.45) is 0 Å². The van der Waals surface area contributed by atoms with Crippen molar-refractivity contribution in [3.05, 3.63) is 76.6 Å². The van der Waals surface area contributed by atoms with E-state index in [0.717, 1.165) is 11.3 Å². The highest BCUT2D eigenvalue weighted by atomic mass is 31.2. The molecule has 0 fully saturated rings. The summed E-state index contributed by atoms with van der Waals surface area (Å²) in [5.74, 6) is 0.563. The fraction of sp³-hybridized carbons (Fsp3) is 0.238. The van der Waals surface area contributed by atoms with Crippen LogP contribution in [0.3, 0.4) is 0 Å². The van der Waals surface area contributed by atoms with Gasteiger partial charge in [-0.3, -0.25) is 14.7 Å². The Labute approximate surface area is 175 Å². The van der Waals surface area contributed by atoms with Crippen LogP contribution in [0.15, 0.2) is 60.9 Å². The van der Waals surface area contributed by atoms with Crippen LogP contribution in [-0.2, 0) is 15.3 Å². The van der Waals surface area contributed by atoms with E-state index in [2.05, 4.69) is 15.3 Å². The van der Waals surface area contributed by atoms with Gasteiger partial charge in [-0.05, 0) is 24.6 Å². The maximum absolute atomic E-state index is 12.7. The lowest BCUT2D eigenvalue weighted by Gasteiger charge is -2.16. The summed E-state index contributed by atoms with van der Waals surface area (Å²) in [6.07, 6.45) is 2.31. The summed E-state index contributed by atoms with van der Waals surface area (Å²) in [5.41, 5.74) is 2.97. The quantitative estimate of drug-likeness (QED) is 0.268. The molecule has 0 amide bonds. The molecule has 0 bridgehead atoms. The standard InChI is InChI=1S/C21H23N4O4P/c1-3-29-30(28,4-2)14-16-8-10-18(11-9-16)24-21-13-20(22-15-23-21)17-6-5-7-19(12-17)25(26)27/h5-13,15H,3-4,14H2,1-2H3,(H,22,23,24). The van der Waals surface area contributed by atoms with E-state index >= 15 is 0 Å². The Morgan fingerprint density at radius 1 is 1.10 bits per heavy atom. The minimum absolute atomic E-state index is 0.00707. The number of nitro benzene ring substituents is 1. The van der Waals surface area contributed by atoms with Gasteiger partial charge in [0.1, 0.15) is 12.1 Å². The minimum Gasteiger partial charge on any atom is -0.340 e. The van der Waals surface area contributed by atoms with Gasteiger partial charge in [0.15, 0.2) is 0 Å². The number of anilines is 2. The van der Waals surface area contributed by atoms with Crippen molar-refractivity contribution in [2.75, 3.05) is 18.1 Å². The average Bonchev–Trinajstić information content (AvgIpc) is 2.75. The van der Waals surface area contributed by atoms with Crippen LogP contribution in [0.25, 0.3) is 11.3 Å². The van der Waals surface area contributed by atoms with Crippen molar-refractivity contribution in [3.63, 3.8) is 0 Å². The minimum atomic E-state index is -2.64. The van der Waals surface area contributed by atoms with Gasteiger partial charge in [-0.1, -0.05) is 31.2 Å². The Morgan fingerprint density at radius 3 is 2.53 bits per heavy atom. The number of hydrogen-bond donors (Lipinski definition) is 1. The summed E-state index contributed by atoms with van der Waals surface area (Å²) < 4.78 is 18.1. The van der Waals surface area contributed by atoms with Gasteiger partial charge in [0.05, 0.1) is 17.2 Å². The van der Waals surface area contributed by atoms with Crippen LogP contribution >= 0.6 is 7.37 Å². The van der Waals surface area contributed by atoms with Gasteiger partial charge in [-0.15, -0.1) is 0 Å². The largest absolute Gasteiger partial charge is 0.340 e. The second-order valence-electron chi connectivity index (χ2n) is 6.62. The molecule has 156 valence electrons. The first-order chi connectivity index (χ1) is 14.4. The predicted octanol–water partition coefficient (Wildman–Crippen LogP) is 5.63. The highest BCUT2D eigenvalue weighted by Gasteiger charge is 2.20. The van der Waals surface area contributed by atoms with Gasteiger partial charge in [0.2, 0.25) is 7.37 Å². The lowest BCUT2D eigenvalue weighted by molar-refractivity contribution is -0.384. The van der Waals surface area contributed by atoms with E-state index in [1.165, 1.54) is 18.5 Å². The molecule has 1 aromatic heterocycles. The number of benzene rings is 2. The van der Waals surface area contributed by atoms with Crippen LogP contribution < -0.4 is 5.32 Å². The second kappa shape index (κ2) is 9.61. The number of nitrogens with zero attached hydrogens (tertiary/aromatic N) is 3. The van der Waals surface area contributed by atoms with Crippen molar-refractivity contribution in [1.29, 1.82) is 0 Å². The fourth-order valence-corrected chi connectivity index (χ4v) is 4.70. The average molecular weight is 426 g/mol. The van der Waals surface area contributed by atoms with Gasteiger partial charge >= 0.3 is 0 Å². The molecule has 1 unspecified atom stereocenters. The van der Waals surface area contributed by atoms with Gasteiger partial charge in [-0.2, -0.15) is 0 Å². The number of hydrogen-bond acceptors (Lipinski definition) is 7. The number of rotatable bonds is 9. The maximum Gasteiger partial charge on any atom is 0.270 e. The van der Waals surface area contributed by atoms with Crippen LogP contribution in [0.5, 0.6) is 0 Å². The van der Waals surface area contributed by atoms with Gasteiger partial charge in [-0.25, -0.2) is 9.97 Å². The topological polar surface area (TPSA) is 107 Å². The van der Waals surface area contributed by atoms with E-state index in [0.29, 0.717) is 36.0 Å². The summed E-state index contributed by atoms with van der Waals surface area (Å²) in [4.78, 5) is 19.0. The highest BCUT2D eigenvalue weighted by Crippen LogP contribution is 2.49. The van der Waals surface area contributed by atoms with E-state index in [4.69, 9.17) is 4.52 Å². The lowest BCUT2D eigenvalue weighted by Crippen LogP contribution is -1.98. The Bertz CT molecular complexity index is 1070. The molecule has 0 aliphatic heterocycles. The molecule has 9 heteroatoms. The Balaban J connectivity index is 1.74. The first-order valence-electron chi connectivity index (χ1n) is 9.58. The zero-order valence-electron chi connectivity index (χ0n) is 16.8. The van der Waals surface area contributed by atoms with E-state index in [-0.39, 0.29) is 5.69 Å². The molecule has 30 heavy (non-hydrogen) atoms. The van der Waals surface area contributed by atoms with Gasteiger partial charge < -0.3 is 9.84 Å². The third-order valence-electron chi connectivity index (χ3n) is 4.52. The predicted molar refractivity (Wildman–Crippen MR) is 117 cm³/mol. The van der Waals surface area contributed by atoms with Crippen LogP contribution in [-0.4, -0.2) is 27.7 Å². The van der Waals surface area contributed by atoms with Crippen molar-refractivity contribution in [3.8, 4) is 11.3 Å². The van der Waals surface area contributed by atoms with Crippen LogP contribution in [0.4, 0.5) is 17.2 Å². The molecule has 0 saturated heterocycles. The first kappa shape index (κ1) is 21.6. The molecule has 0 spiro atoms.